The van der Waals surface area contributed by atoms with Crippen LogP contribution in [0.25, 0.3) is 5.52 Å². The average Bonchev–Trinajstić information content (AvgIpc) is 2.45. The van der Waals surface area contributed by atoms with E-state index in [0.717, 1.165) is 11.1 Å². The molecule has 0 aliphatic rings. The van der Waals surface area contributed by atoms with Gasteiger partial charge in [0.15, 0.2) is 0 Å². The Bertz CT molecular complexity index is 466. The zero-order valence-electron chi connectivity index (χ0n) is 8.58. The second-order valence-corrected chi connectivity index (χ2v) is 4.49. The van der Waals surface area contributed by atoms with Crippen molar-refractivity contribution in [3.63, 3.8) is 0 Å². The predicted octanol–water partition coefficient (Wildman–Crippen LogP) is 2.77. The quantitative estimate of drug-likeness (QED) is 0.627. The molecule has 2 aromatic heterocycles. The van der Waals surface area contributed by atoms with E-state index in [1.807, 2.05) is 0 Å². The number of hydrogen-bond donors (Lipinski definition) is 0. The van der Waals surface area contributed by atoms with Crippen LogP contribution in [0.1, 0.15) is 26.3 Å². The Hall–Kier alpha value is -1.38. The number of aromatic nitrogens is 2. The SMILES string of the molecule is CC(C)(C)c1cnn2cc(F)ccc12. The summed E-state index contributed by atoms with van der Waals surface area (Å²) in [7, 11) is 0. The molecule has 2 nitrogen and oxygen atoms in total. The molecule has 0 unspecified atom stereocenters. The van der Waals surface area contributed by atoms with Crippen LogP contribution in [0.15, 0.2) is 24.5 Å². The van der Waals surface area contributed by atoms with E-state index in [-0.39, 0.29) is 11.2 Å². The molecule has 14 heavy (non-hydrogen) atoms. The third kappa shape index (κ3) is 1.39. The van der Waals surface area contributed by atoms with Crippen molar-refractivity contribution in [1.29, 1.82) is 0 Å². The van der Waals surface area contributed by atoms with Crippen molar-refractivity contribution in [2.75, 3.05) is 0 Å². The van der Waals surface area contributed by atoms with Crippen molar-refractivity contribution in [2.24, 2.45) is 0 Å². The van der Waals surface area contributed by atoms with Crippen LogP contribution < -0.4 is 0 Å². The van der Waals surface area contributed by atoms with E-state index in [0.29, 0.717) is 0 Å². The fraction of sp³-hybridized carbons (Fsp3) is 0.364. The molecule has 0 spiro atoms. The zero-order chi connectivity index (χ0) is 10.3. The second-order valence-electron chi connectivity index (χ2n) is 4.49. The molecular weight excluding hydrogens is 179 g/mol. The lowest BCUT2D eigenvalue weighted by atomic mass is 9.88. The van der Waals surface area contributed by atoms with Crippen LogP contribution >= 0.6 is 0 Å². The molecule has 0 atom stereocenters. The number of rotatable bonds is 0. The maximum Gasteiger partial charge on any atom is 0.141 e. The topological polar surface area (TPSA) is 17.3 Å². The van der Waals surface area contributed by atoms with Gasteiger partial charge in [-0.25, -0.2) is 8.91 Å². The third-order valence-electron chi connectivity index (χ3n) is 2.29. The van der Waals surface area contributed by atoms with Gasteiger partial charge in [-0.2, -0.15) is 5.10 Å². The highest BCUT2D eigenvalue weighted by Gasteiger charge is 2.18. The van der Waals surface area contributed by atoms with Gasteiger partial charge in [0.2, 0.25) is 0 Å². The molecule has 3 heteroatoms. The molecule has 74 valence electrons. The summed E-state index contributed by atoms with van der Waals surface area (Å²) in [5, 5.41) is 4.12. The number of halogens is 1. The standard InChI is InChI=1S/C11H13FN2/c1-11(2,3)9-6-13-14-7-8(12)4-5-10(9)14/h4-7H,1-3H3. The summed E-state index contributed by atoms with van der Waals surface area (Å²) >= 11 is 0. The monoisotopic (exact) mass is 192 g/mol. The van der Waals surface area contributed by atoms with Gasteiger partial charge in [-0.1, -0.05) is 20.8 Å². The first-order chi connectivity index (χ1) is 6.48. The number of fused-ring (bicyclic) bond motifs is 1. The van der Waals surface area contributed by atoms with Gasteiger partial charge < -0.3 is 0 Å². The largest absolute Gasteiger partial charge is 0.238 e. The highest BCUT2D eigenvalue weighted by atomic mass is 19.1. The van der Waals surface area contributed by atoms with Crippen LogP contribution in [-0.2, 0) is 5.41 Å². The van der Waals surface area contributed by atoms with Gasteiger partial charge in [-0.15, -0.1) is 0 Å². The van der Waals surface area contributed by atoms with E-state index in [9.17, 15) is 4.39 Å². The minimum atomic E-state index is -0.263. The average molecular weight is 192 g/mol. The highest BCUT2D eigenvalue weighted by Crippen LogP contribution is 2.26. The second kappa shape index (κ2) is 2.80. The summed E-state index contributed by atoms with van der Waals surface area (Å²) in [6, 6.07) is 3.23. The summed E-state index contributed by atoms with van der Waals surface area (Å²) < 4.78 is 14.5. The summed E-state index contributed by atoms with van der Waals surface area (Å²) in [5.74, 6) is -0.263. The fourth-order valence-corrected chi connectivity index (χ4v) is 1.54. The Morgan fingerprint density at radius 2 is 2.00 bits per heavy atom. The van der Waals surface area contributed by atoms with Crippen LogP contribution in [0.3, 0.4) is 0 Å². The predicted molar refractivity (Wildman–Crippen MR) is 53.9 cm³/mol. The highest BCUT2D eigenvalue weighted by molar-refractivity contribution is 5.56. The summed E-state index contributed by atoms with van der Waals surface area (Å²) in [6.45, 7) is 6.36. The minimum absolute atomic E-state index is 0.0412. The molecule has 0 N–H and O–H groups in total. The van der Waals surface area contributed by atoms with Gasteiger partial charge in [0.05, 0.1) is 17.9 Å². The maximum absolute atomic E-state index is 12.9. The smallest absolute Gasteiger partial charge is 0.141 e. The van der Waals surface area contributed by atoms with E-state index < -0.39 is 0 Å². The van der Waals surface area contributed by atoms with Crippen LogP contribution in [-0.4, -0.2) is 9.61 Å². The molecule has 0 fully saturated rings. The van der Waals surface area contributed by atoms with Crippen LogP contribution in [0.5, 0.6) is 0 Å². The normalized spacial score (nSPS) is 12.3. The van der Waals surface area contributed by atoms with Crippen LogP contribution in [0.2, 0.25) is 0 Å². The first-order valence-electron chi connectivity index (χ1n) is 4.62. The summed E-state index contributed by atoms with van der Waals surface area (Å²) in [5.41, 5.74) is 2.15. The first kappa shape index (κ1) is 9.19. The lowest BCUT2D eigenvalue weighted by Crippen LogP contribution is -2.10. The van der Waals surface area contributed by atoms with Crippen LogP contribution in [0.4, 0.5) is 4.39 Å². The molecule has 0 aromatic carbocycles. The fourth-order valence-electron chi connectivity index (χ4n) is 1.54. The van der Waals surface area contributed by atoms with Crippen molar-refractivity contribution in [3.05, 3.63) is 35.9 Å². The Labute approximate surface area is 82.4 Å². The molecular formula is C11H13FN2. The third-order valence-corrected chi connectivity index (χ3v) is 2.29. The lowest BCUT2D eigenvalue weighted by molar-refractivity contribution is 0.594. The van der Waals surface area contributed by atoms with Crippen molar-refractivity contribution < 1.29 is 4.39 Å². The molecule has 0 saturated heterocycles. The molecule has 0 saturated carbocycles. The van der Waals surface area contributed by atoms with E-state index in [2.05, 4.69) is 25.9 Å². The first-order valence-corrected chi connectivity index (χ1v) is 4.62. The Kier molecular flexibility index (Phi) is 1.84. The molecule has 2 rings (SSSR count). The van der Waals surface area contributed by atoms with Gasteiger partial charge in [0, 0.05) is 5.56 Å². The van der Waals surface area contributed by atoms with Gasteiger partial charge >= 0.3 is 0 Å². The number of hydrogen-bond acceptors (Lipinski definition) is 1. The summed E-state index contributed by atoms with van der Waals surface area (Å²) in [4.78, 5) is 0. The molecule has 0 amide bonds. The number of pyridine rings is 1. The van der Waals surface area contributed by atoms with Crippen molar-refractivity contribution in [1.82, 2.24) is 9.61 Å². The zero-order valence-corrected chi connectivity index (χ0v) is 8.58. The molecule has 0 aliphatic heterocycles. The van der Waals surface area contributed by atoms with E-state index in [1.165, 1.54) is 12.3 Å². The van der Waals surface area contributed by atoms with E-state index in [1.54, 1.807) is 16.8 Å². The van der Waals surface area contributed by atoms with Crippen molar-refractivity contribution >= 4 is 5.52 Å². The van der Waals surface area contributed by atoms with E-state index >= 15 is 0 Å². The Balaban J connectivity index is 2.70. The van der Waals surface area contributed by atoms with E-state index in [4.69, 9.17) is 0 Å². The van der Waals surface area contributed by atoms with Crippen LogP contribution in [0, 0.1) is 5.82 Å². The van der Waals surface area contributed by atoms with Gasteiger partial charge in [0.25, 0.3) is 0 Å². The number of nitrogens with zero attached hydrogens (tertiary/aromatic N) is 2. The molecule has 2 heterocycles. The van der Waals surface area contributed by atoms with Crippen molar-refractivity contribution in [2.45, 2.75) is 26.2 Å². The summed E-state index contributed by atoms with van der Waals surface area (Å²) in [6.07, 6.45) is 3.19. The lowest BCUT2D eigenvalue weighted by Gasteiger charge is -2.16. The molecule has 2 aromatic rings. The molecule has 0 aliphatic carbocycles. The molecule has 0 bridgehead atoms. The maximum atomic E-state index is 12.9. The Morgan fingerprint density at radius 1 is 1.29 bits per heavy atom. The van der Waals surface area contributed by atoms with Gasteiger partial charge in [-0.3, -0.25) is 0 Å². The van der Waals surface area contributed by atoms with Gasteiger partial charge in [-0.05, 0) is 17.5 Å². The van der Waals surface area contributed by atoms with Crippen molar-refractivity contribution in [3.8, 4) is 0 Å². The van der Waals surface area contributed by atoms with Gasteiger partial charge in [0.1, 0.15) is 5.82 Å². The Morgan fingerprint density at radius 3 is 2.64 bits per heavy atom. The molecule has 0 radical (unpaired) electrons. The minimum Gasteiger partial charge on any atom is -0.238 e.